The Morgan fingerprint density at radius 1 is 0.955 bits per heavy atom. The van der Waals surface area contributed by atoms with E-state index in [0.717, 1.165) is 32.1 Å². The predicted octanol–water partition coefficient (Wildman–Crippen LogP) is 1.57. The quantitative estimate of drug-likeness (QED) is 0.336. The van der Waals surface area contributed by atoms with E-state index in [1.807, 2.05) is 0 Å². The molecule has 6 nitrogen and oxygen atoms in total. The van der Waals surface area contributed by atoms with Gasteiger partial charge in [0, 0.05) is 31.7 Å². The zero-order valence-electron chi connectivity index (χ0n) is 13.0. The van der Waals surface area contributed by atoms with Gasteiger partial charge in [-0.05, 0) is 25.7 Å². The third-order valence-corrected chi connectivity index (χ3v) is 3.48. The third kappa shape index (κ3) is 7.36. The van der Waals surface area contributed by atoms with Crippen LogP contribution in [0, 0.1) is 0 Å². The smallest absolute Gasteiger partial charge is 0.305 e. The second kappa shape index (κ2) is 11.0. The molecule has 0 atom stereocenters. The minimum absolute atomic E-state index is 0.127. The van der Waals surface area contributed by atoms with Crippen LogP contribution in [-0.4, -0.2) is 47.5 Å². The first-order valence-corrected chi connectivity index (χ1v) is 7.95. The van der Waals surface area contributed by atoms with Crippen LogP contribution in [0.15, 0.2) is 12.2 Å². The average Bonchev–Trinajstić information content (AvgIpc) is 2.82. The largest absolute Gasteiger partial charge is 0.466 e. The highest BCUT2D eigenvalue weighted by Gasteiger charge is 2.21. The van der Waals surface area contributed by atoms with Gasteiger partial charge in [0.1, 0.15) is 0 Å². The van der Waals surface area contributed by atoms with E-state index in [2.05, 4.69) is 0 Å². The van der Waals surface area contributed by atoms with Crippen LogP contribution < -0.4 is 0 Å². The Kier molecular flexibility index (Phi) is 9.14. The molecule has 0 fully saturated rings. The van der Waals surface area contributed by atoms with Crippen LogP contribution in [0.3, 0.4) is 0 Å². The summed E-state index contributed by atoms with van der Waals surface area (Å²) in [5.41, 5.74) is 0. The van der Waals surface area contributed by atoms with E-state index < -0.39 is 0 Å². The van der Waals surface area contributed by atoms with Gasteiger partial charge in [0.15, 0.2) is 0 Å². The van der Waals surface area contributed by atoms with E-state index in [4.69, 9.17) is 9.84 Å². The summed E-state index contributed by atoms with van der Waals surface area (Å²) < 4.78 is 5.02. The van der Waals surface area contributed by atoms with Crippen molar-refractivity contribution < 1.29 is 24.2 Å². The number of rotatable bonds is 12. The summed E-state index contributed by atoms with van der Waals surface area (Å²) in [4.78, 5) is 35.2. The van der Waals surface area contributed by atoms with Crippen LogP contribution in [0.5, 0.6) is 0 Å². The molecule has 124 valence electrons. The Bertz CT molecular complexity index is 387. The molecule has 0 unspecified atom stereocenters. The third-order valence-electron chi connectivity index (χ3n) is 3.48. The summed E-state index contributed by atoms with van der Waals surface area (Å²) in [6, 6.07) is 0. The molecule has 0 saturated heterocycles. The number of hydrogen-bond acceptors (Lipinski definition) is 5. The Hall–Kier alpha value is -1.69. The van der Waals surface area contributed by atoms with Crippen molar-refractivity contribution in [2.24, 2.45) is 0 Å². The topological polar surface area (TPSA) is 83.9 Å². The van der Waals surface area contributed by atoms with E-state index in [0.29, 0.717) is 32.4 Å². The standard InChI is InChI=1S/C16H25NO5/c18-12-6-7-13-22-16(21)8-4-2-1-3-5-11-17-14(19)9-10-15(17)20/h9-10,18H,1-8,11-13H2. The lowest BCUT2D eigenvalue weighted by atomic mass is 10.1. The van der Waals surface area contributed by atoms with Crippen LogP contribution in [0.25, 0.3) is 0 Å². The molecule has 1 aliphatic rings. The number of carbonyl (C=O) groups excluding carboxylic acids is 3. The minimum atomic E-state index is -0.228. The van der Waals surface area contributed by atoms with E-state index in [1.165, 1.54) is 17.1 Å². The van der Waals surface area contributed by atoms with Gasteiger partial charge in [-0.1, -0.05) is 19.3 Å². The van der Waals surface area contributed by atoms with E-state index in [1.54, 1.807) is 0 Å². The molecule has 0 spiro atoms. The lowest BCUT2D eigenvalue weighted by Gasteiger charge is -2.12. The first-order chi connectivity index (χ1) is 10.6. The molecule has 1 heterocycles. The van der Waals surface area contributed by atoms with Gasteiger partial charge in [-0.3, -0.25) is 19.3 Å². The van der Waals surface area contributed by atoms with Crippen molar-refractivity contribution >= 4 is 17.8 Å². The van der Waals surface area contributed by atoms with Gasteiger partial charge in [0.25, 0.3) is 11.8 Å². The van der Waals surface area contributed by atoms with Crippen LogP contribution in [-0.2, 0) is 19.1 Å². The summed E-state index contributed by atoms with van der Waals surface area (Å²) in [5, 5.41) is 8.59. The maximum Gasteiger partial charge on any atom is 0.305 e. The van der Waals surface area contributed by atoms with Gasteiger partial charge >= 0.3 is 5.97 Å². The highest BCUT2D eigenvalue weighted by Crippen LogP contribution is 2.10. The second-order valence-corrected chi connectivity index (χ2v) is 5.33. The number of ether oxygens (including phenoxy) is 1. The summed E-state index contributed by atoms with van der Waals surface area (Å²) in [6.45, 7) is 0.977. The molecule has 22 heavy (non-hydrogen) atoms. The Morgan fingerprint density at radius 3 is 2.27 bits per heavy atom. The molecule has 6 heteroatoms. The average molecular weight is 311 g/mol. The minimum Gasteiger partial charge on any atom is -0.466 e. The molecule has 2 amide bonds. The SMILES string of the molecule is O=C(CCCCCCCN1C(=O)C=CC1=O)OCCCCO. The molecule has 0 bridgehead atoms. The lowest BCUT2D eigenvalue weighted by molar-refractivity contribution is -0.144. The molecule has 0 saturated carbocycles. The maximum absolute atomic E-state index is 11.4. The fourth-order valence-corrected chi connectivity index (χ4v) is 2.19. The van der Waals surface area contributed by atoms with Gasteiger partial charge < -0.3 is 9.84 Å². The highest BCUT2D eigenvalue weighted by molar-refractivity contribution is 6.12. The number of imide groups is 1. The van der Waals surface area contributed by atoms with E-state index in [-0.39, 0.29) is 24.4 Å². The molecule has 1 aliphatic heterocycles. The zero-order valence-corrected chi connectivity index (χ0v) is 13.0. The molecule has 1 N–H and O–H groups in total. The van der Waals surface area contributed by atoms with Gasteiger partial charge in [-0.15, -0.1) is 0 Å². The summed E-state index contributed by atoms with van der Waals surface area (Å²) in [6.07, 6.45) is 8.81. The fourth-order valence-electron chi connectivity index (χ4n) is 2.19. The van der Waals surface area contributed by atoms with Crippen molar-refractivity contribution in [3.05, 3.63) is 12.2 Å². The summed E-state index contributed by atoms with van der Waals surface area (Å²) in [5.74, 6) is -0.639. The van der Waals surface area contributed by atoms with Crippen molar-refractivity contribution in [2.45, 2.75) is 51.4 Å². The molecular formula is C16H25NO5. The van der Waals surface area contributed by atoms with E-state index in [9.17, 15) is 14.4 Å². The van der Waals surface area contributed by atoms with E-state index >= 15 is 0 Å². The normalized spacial score (nSPS) is 14.0. The van der Waals surface area contributed by atoms with Gasteiger partial charge in [-0.2, -0.15) is 0 Å². The van der Waals surface area contributed by atoms with Crippen LogP contribution in [0.1, 0.15) is 51.4 Å². The molecule has 1 rings (SSSR count). The molecule has 0 radical (unpaired) electrons. The van der Waals surface area contributed by atoms with Crippen LogP contribution >= 0.6 is 0 Å². The first-order valence-electron chi connectivity index (χ1n) is 7.95. The molecular weight excluding hydrogens is 286 g/mol. The van der Waals surface area contributed by atoms with Crippen molar-refractivity contribution in [2.75, 3.05) is 19.8 Å². The second-order valence-electron chi connectivity index (χ2n) is 5.33. The predicted molar refractivity (Wildman–Crippen MR) is 80.8 cm³/mol. The number of carbonyl (C=O) groups is 3. The van der Waals surface area contributed by atoms with Crippen molar-refractivity contribution in [1.29, 1.82) is 0 Å². The van der Waals surface area contributed by atoms with Gasteiger partial charge in [-0.25, -0.2) is 0 Å². The van der Waals surface area contributed by atoms with Gasteiger partial charge in [0.05, 0.1) is 6.61 Å². The molecule has 0 aromatic carbocycles. The van der Waals surface area contributed by atoms with Crippen LogP contribution in [0.2, 0.25) is 0 Å². The zero-order chi connectivity index (χ0) is 16.2. The number of amides is 2. The Morgan fingerprint density at radius 2 is 1.59 bits per heavy atom. The Labute approximate surface area is 131 Å². The maximum atomic E-state index is 11.4. The van der Waals surface area contributed by atoms with Gasteiger partial charge in [0.2, 0.25) is 0 Å². The Balaban J connectivity index is 1.90. The van der Waals surface area contributed by atoms with Crippen molar-refractivity contribution in [1.82, 2.24) is 4.90 Å². The number of aliphatic hydroxyl groups excluding tert-OH is 1. The lowest BCUT2D eigenvalue weighted by Crippen LogP contribution is -2.30. The van der Waals surface area contributed by atoms with Crippen molar-refractivity contribution in [3.63, 3.8) is 0 Å². The highest BCUT2D eigenvalue weighted by atomic mass is 16.5. The number of nitrogens with zero attached hydrogens (tertiary/aromatic N) is 1. The summed E-state index contributed by atoms with van der Waals surface area (Å²) >= 11 is 0. The summed E-state index contributed by atoms with van der Waals surface area (Å²) in [7, 11) is 0. The van der Waals surface area contributed by atoms with Crippen LogP contribution in [0.4, 0.5) is 0 Å². The number of hydrogen-bond donors (Lipinski definition) is 1. The number of aliphatic hydroxyl groups is 1. The molecule has 0 aromatic heterocycles. The first kappa shape index (κ1) is 18.4. The fraction of sp³-hybridized carbons (Fsp3) is 0.688. The molecule has 0 aliphatic carbocycles. The van der Waals surface area contributed by atoms with Crippen molar-refractivity contribution in [3.8, 4) is 0 Å². The monoisotopic (exact) mass is 311 g/mol. The number of unbranched alkanes of at least 4 members (excludes halogenated alkanes) is 5. The molecule has 0 aromatic rings. The number of esters is 1.